The topological polar surface area (TPSA) is 170 Å². The molecule has 4 amide bonds. The van der Waals surface area contributed by atoms with Crippen LogP contribution in [-0.4, -0.2) is 99.1 Å². The van der Waals surface area contributed by atoms with Crippen LogP contribution >= 0.6 is 0 Å². The van der Waals surface area contributed by atoms with E-state index >= 15 is 0 Å². The van der Waals surface area contributed by atoms with Gasteiger partial charge in [-0.15, -0.1) is 5.10 Å². The van der Waals surface area contributed by atoms with Crippen molar-refractivity contribution in [1.29, 1.82) is 0 Å². The van der Waals surface area contributed by atoms with Crippen molar-refractivity contribution < 1.29 is 28.9 Å². The third kappa shape index (κ3) is 8.28. The monoisotopic (exact) mass is 723 g/mol. The first-order valence-corrected chi connectivity index (χ1v) is 17.8. The standard InChI is InChI=1S/C38H45N9O6/c1-6-47(40-23-53-52-5)38(50)46-20-8-9-31(46)34-39-22-30(43-34)27-16-13-25(14-17-27)11-12-26-15-18-28-29(21-26)42-35(41-28)32-10-7-19-45(32)36(48)33(24(2)3)44-37(49)51-4/h13-18,21-24,31-33H,6-10,19-20H2,1-5H3,(H,39,43)(H,41,42)(H,44,49)/b40-23-/t31-,32-,33-/m0/s1. The zero-order chi connectivity index (χ0) is 37.5. The number of aromatic amines is 2. The molecule has 53 heavy (non-hydrogen) atoms. The summed E-state index contributed by atoms with van der Waals surface area (Å²) < 4.78 is 4.75. The Morgan fingerprint density at radius 1 is 1.00 bits per heavy atom. The summed E-state index contributed by atoms with van der Waals surface area (Å²) in [6.07, 6.45) is 5.52. The SMILES string of the molecule is CCN(/N=C\OOC)C(=O)N1CCC[C@H]1c1ncc(-c2ccc(C#Cc3ccc4nc([C@@H]5CCCN5C(=O)[C@@H](NC(=O)OC)C(C)C)[nH]c4c3)cc2)[nH]1. The van der Waals surface area contributed by atoms with Gasteiger partial charge in [-0.1, -0.05) is 37.8 Å². The number of ether oxygens (including phenoxy) is 1. The predicted octanol–water partition coefficient (Wildman–Crippen LogP) is 5.50. The van der Waals surface area contributed by atoms with Crippen molar-refractivity contribution >= 4 is 35.5 Å². The fourth-order valence-electron chi connectivity index (χ4n) is 6.80. The molecule has 0 unspecified atom stereocenters. The first-order valence-electron chi connectivity index (χ1n) is 17.8. The second-order valence-corrected chi connectivity index (χ2v) is 13.2. The lowest BCUT2D eigenvalue weighted by Crippen LogP contribution is -2.51. The van der Waals surface area contributed by atoms with E-state index in [9.17, 15) is 14.4 Å². The Hall–Kier alpha value is -5.88. The third-order valence-corrected chi connectivity index (χ3v) is 9.55. The Bertz CT molecular complexity index is 2010. The molecular formula is C38H45N9O6. The number of hydrogen-bond donors (Lipinski definition) is 3. The maximum Gasteiger partial charge on any atom is 0.407 e. The van der Waals surface area contributed by atoms with Gasteiger partial charge in [0, 0.05) is 30.8 Å². The largest absolute Gasteiger partial charge is 0.453 e. The summed E-state index contributed by atoms with van der Waals surface area (Å²) in [5.74, 6) is 7.69. The fourth-order valence-corrected chi connectivity index (χ4v) is 6.80. The molecular weight excluding hydrogens is 678 g/mol. The van der Waals surface area contributed by atoms with E-state index in [4.69, 9.17) is 14.6 Å². The summed E-state index contributed by atoms with van der Waals surface area (Å²) in [5.41, 5.74) is 5.10. The molecule has 15 heteroatoms. The quantitative estimate of drug-likeness (QED) is 0.0634. The number of amides is 4. The van der Waals surface area contributed by atoms with E-state index in [2.05, 4.69) is 42.1 Å². The molecule has 278 valence electrons. The van der Waals surface area contributed by atoms with Gasteiger partial charge in [-0.2, -0.15) is 4.89 Å². The number of hydrazone groups is 1. The number of urea groups is 1. The first kappa shape index (κ1) is 36.9. The molecule has 4 heterocycles. The van der Waals surface area contributed by atoms with E-state index in [1.807, 2.05) is 63.2 Å². The molecule has 0 spiro atoms. The van der Waals surface area contributed by atoms with Gasteiger partial charge in [0.05, 0.1) is 49.2 Å². The number of H-pyrrole nitrogens is 2. The highest BCUT2D eigenvalue weighted by Crippen LogP contribution is 2.34. The van der Waals surface area contributed by atoms with E-state index < -0.39 is 12.1 Å². The van der Waals surface area contributed by atoms with E-state index in [1.165, 1.54) is 19.2 Å². The van der Waals surface area contributed by atoms with Gasteiger partial charge in [0.15, 0.2) is 0 Å². The molecule has 2 aliphatic heterocycles. The molecule has 2 aliphatic rings. The van der Waals surface area contributed by atoms with Gasteiger partial charge in [-0.05, 0) is 74.4 Å². The molecule has 3 N–H and O–H groups in total. The second kappa shape index (κ2) is 16.6. The van der Waals surface area contributed by atoms with Crippen LogP contribution in [0.3, 0.4) is 0 Å². The Balaban J connectivity index is 1.12. The van der Waals surface area contributed by atoms with Crippen LogP contribution < -0.4 is 5.32 Å². The molecule has 2 aromatic carbocycles. The molecule has 3 atom stereocenters. The molecule has 0 radical (unpaired) electrons. The number of imidazole rings is 2. The molecule has 6 rings (SSSR count). The van der Waals surface area contributed by atoms with Crippen LogP contribution in [0.4, 0.5) is 9.59 Å². The van der Waals surface area contributed by atoms with Gasteiger partial charge in [-0.3, -0.25) is 4.79 Å². The van der Waals surface area contributed by atoms with E-state index in [0.29, 0.717) is 25.5 Å². The van der Waals surface area contributed by atoms with E-state index in [-0.39, 0.29) is 29.9 Å². The van der Waals surface area contributed by atoms with Crippen molar-refractivity contribution in [3.05, 3.63) is 71.4 Å². The number of nitrogens with zero attached hydrogens (tertiary/aromatic N) is 6. The van der Waals surface area contributed by atoms with Crippen molar-refractivity contribution in [3.63, 3.8) is 0 Å². The number of rotatable bonds is 10. The Morgan fingerprint density at radius 2 is 1.70 bits per heavy atom. The van der Waals surface area contributed by atoms with Crippen molar-refractivity contribution in [3.8, 4) is 23.1 Å². The van der Waals surface area contributed by atoms with Crippen LogP contribution in [0.5, 0.6) is 0 Å². The van der Waals surface area contributed by atoms with Gasteiger partial charge >= 0.3 is 12.1 Å². The summed E-state index contributed by atoms with van der Waals surface area (Å²) in [7, 11) is 2.65. The minimum Gasteiger partial charge on any atom is -0.453 e. The lowest BCUT2D eigenvalue weighted by atomic mass is 10.0. The number of benzene rings is 2. The number of carbonyl (C=O) groups is 3. The smallest absolute Gasteiger partial charge is 0.407 e. The molecule has 0 saturated carbocycles. The van der Waals surface area contributed by atoms with Gasteiger partial charge in [-0.25, -0.2) is 24.6 Å². The van der Waals surface area contributed by atoms with Crippen LogP contribution in [-0.2, 0) is 19.3 Å². The second-order valence-electron chi connectivity index (χ2n) is 13.2. The third-order valence-electron chi connectivity index (χ3n) is 9.55. The number of alkyl carbamates (subject to hydrolysis) is 1. The minimum atomic E-state index is -0.693. The minimum absolute atomic E-state index is 0.109. The number of aromatic nitrogens is 4. The molecule has 4 aromatic rings. The van der Waals surface area contributed by atoms with Crippen molar-refractivity contribution in [2.45, 2.75) is 64.6 Å². The predicted molar refractivity (Wildman–Crippen MR) is 197 cm³/mol. The normalized spacial score (nSPS) is 17.6. The molecule has 2 saturated heterocycles. The van der Waals surface area contributed by atoms with Crippen molar-refractivity contribution in [1.82, 2.24) is 40.1 Å². The zero-order valence-electron chi connectivity index (χ0n) is 30.6. The van der Waals surface area contributed by atoms with E-state index in [1.54, 1.807) is 16.0 Å². The van der Waals surface area contributed by atoms with Gasteiger partial charge in [0.2, 0.25) is 12.3 Å². The highest BCUT2D eigenvalue weighted by atomic mass is 17.2. The number of nitrogens with one attached hydrogen (secondary N) is 3. The Kier molecular flexibility index (Phi) is 11.6. The number of fused-ring (bicyclic) bond motifs is 1. The summed E-state index contributed by atoms with van der Waals surface area (Å²) in [5, 5.41) is 8.07. The van der Waals surface area contributed by atoms with Crippen molar-refractivity contribution in [2.75, 3.05) is 33.9 Å². The summed E-state index contributed by atoms with van der Waals surface area (Å²) >= 11 is 0. The Morgan fingerprint density at radius 3 is 2.40 bits per heavy atom. The van der Waals surface area contributed by atoms with Crippen LogP contribution in [0, 0.1) is 17.8 Å². The molecule has 2 fully saturated rings. The van der Waals surface area contributed by atoms with Gasteiger partial charge in [0.25, 0.3) is 0 Å². The highest BCUT2D eigenvalue weighted by Gasteiger charge is 2.38. The maximum atomic E-state index is 13.5. The number of hydrogen-bond acceptors (Lipinski definition) is 9. The van der Waals surface area contributed by atoms with Crippen molar-refractivity contribution in [2.24, 2.45) is 11.0 Å². The van der Waals surface area contributed by atoms with Crippen LogP contribution in [0.15, 0.2) is 53.8 Å². The maximum absolute atomic E-state index is 13.5. The number of likely N-dealkylation sites (tertiary alicyclic amines) is 2. The number of methoxy groups -OCH3 is 1. The molecule has 0 bridgehead atoms. The average Bonchev–Trinajstić information content (AvgIpc) is 4.00. The van der Waals surface area contributed by atoms with Crippen LogP contribution in [0.25, 0.3) is 22.3 Å². The molecule has 2 aromatic heterocycles. The average molecular weight is 724 g/mol. The van der Waals surface area contributed by atoms with Crippen LogP contribution in [0.1, 0.15) is 81.3 Å². The Labute approximate surface area is 308 Å². The van der Waals surface area contributed by atoms with Crippen LogP contribution in [0.2, 0.25) is 0 Å². The lowest BCUT2D eigenvalue weighted by molar-refractivity contribution is -0.188. The zero-order valence-corrected chi connectivity index (χ0v) is 30.6. The molecule has 15 nitrogen and oxygen atoms in total. The summed E-state index contributed by atoms with van der Waals surface area (Å²) in [6, 6.07) is 12.4. The summed E-state index contributed by atoms with van der Waals surface area (Å²) in [6.45, 7) is 7.21. The summed E-state index contributed by atoms with van der Waals surface area (Å²) in [4.78, 5) is 67.8. The fraction of sp³-hybridized carbons (Fsp3) is 0.421. The molecule has 0 aliphatic carbocycles. The lowest BCUT2D eigenvalue weighted by Gasteiger charge is -2.29. The highest BCUT2D eigenvalue weighted by molar-refractivity contribution is 5.86. The number of carbonyl (C=O) groups excluding carboxylic acids is 3. The van der Waals surface area contributed by atoms with E-state index in [0.717, 1.165) is 71.3 Å². The first-order chi connectivity index (χ1) is 25.7. The van der Waals surface area contributed by atoms with Gasteiger partial charge in [0.1, 0.15) is 17.7 Å². The van der Waals surface area contributed by atoms with Gasteiger partial charge < -0.3 is 34.7 Å².